The first-order valence-electron chi connectivity index (χ1n) is 24.5. The Morgan fingerprint density at radius 1 is 0.519 bits per heavy atom. The van der Waals surface area contributed by atoms with Gasteiger partial charge in [0.2, 0.25) is 47.3 Å². The van der Waals surface area contributed by atoms with Crippen molar-refractivity contribution in [1.82, 2.24) is 42.5 Å². The maximum atomic E-state index is 14.0. The van der Waals surface area contributed by atoms with Crippen LogP contribution in [0.25, 0.3) is 0 Å². The number of amides is 8. The van der Waals surface area contributed by atoms with Crippen molar-refractivity contribution in [2.75, 3.05) is 31.7 Å². The summed E-state index contributed by atoms with van der Waals surface area (Å²) in [5.74, 6) is -11.2. The fraction of sp³-hybridized carbons (Fsp3) is 0.420. The lowest BCUT2D eigenvalue weighted by atomic mass is 10.0. The Bertz CT molecular complexity index is 2610. The van der Waals surface area contributed by atoms with Gasteiger partial charge in [-0.15, -0.1) is 0 Å². The maximum absolute atomic E-state index is 14.0. The van der Waals surface area contributed by atoms with E-state index in [0.29, 0.717) is 16.7 Å². The summed E-state index contributed by atoms with van der Waals surface area (Å²) in [6, 6.07) is 4.12. The highest BCUT2D eigenvalue weighted by Crippen LogP contribution is 2.15. The monoisotopic (exact) mass is 1120 g/mol. The van der Waals surface area contributed by atoms with E-state index in [1.807, 2.05) is 0 Å². The number of rotatable bonds is 33. The largest absolute Gasteiger partial charge is 0.508 e. The molecular formula is C50H68N12O16S. The number of hydrogen-bond acceptors (Lipinski definition) is 17. The third-order valence-corrected chi connectivity index (χ3v) is 12.3. The number of aliphatic imine (C=N–C) groups is 1. The molecule has 8 atom stereocenters. The van der Waals surface area contributed by atoms with Gasteiger partial charge in [-0.2, -0.15) is 11.8 Å². The summed E-state index contributed by atoms with van der Waals surface area (Å²) in [6.07, 6.45) is -0.139. The lowest BCUT2D eigenvalue weighted by Crippen LogP contribution is -2.61. The van der Waals surface area contributed by atoms with E-state index >= 15 is 0 Å². The smallest absolute Gasteiger partial charge is 0.326 e. The fourth-order valence-electron chi connectivity index (χ4n) is 7.37. The molecule has 3 aromatic rings. The quantitative estimate of drug-likeness (QED) is 0.0157. The summed E-state index contributed by atoms with van der Waals surface area (Å²) >= 11 is 1.26. The molecule has 20 N–H and O–H groups in total. The van der Waals surface area contributed by atoms with Gasteiger partial charge in [-0.25, -0.2) is 4.79 Å². The molecule has 0 unspecified atom stereocenters. The number of nitrogens with zero attached hydrogens (tertiary/aromatic N) is 1. The number of phenols is 3. The number of nitrogens with two attached hydrogens (primary N) is 3. The number of carboxylic acid groups (broad SMARTS) is 2. The van der Waals surface area contributed by atoms with Gasteiger partial charge >= 0.3 is 11.9 Å². The highest BCUT2D eigenvalue weighted by atomic mass is 32.2. The SMILES string of the molecule is CSCC[C@H](NC(=O)[C@H](C)NC(=O)[C@H](Cc1ccc(O)cc1)NC(=O)[C@H](CO)NC(=O)[C@H](CCCN=C(N)N)NC(=O)[C@H](Cc1ccc(O)cc1)NC(=O)CN)C(=O)N[C@@H](CC(=O)O)C(=O)N[C@@H](Cc1ccc(O)cc1)C(=O)O. The van der Waals surface area contributed by atoms with Crippen LogP contribution < -0.4 is 59.7 Å². The molecule has 0 aliphatic heterocycles. The van der Waals surface area contributed by atoms with E-state index in [1.165, 1.54) is 91.5 Å². The second-order valence-corrected chi connectivity index (χ2v) is 18.9. The number of aliphatic hydroxyl groups excluding tert-OH is 1. The topological polar surface area (TPSA) is 479 Å². The standard InChI is InChI=1S/C50H68N12O16S/c1-26(42(70)57-34(17-19-79-2)44(72)60-37(23-41(68)69)47(75)61-38(49(77)78)22-29-9-15-32(66)16-10-29)55-45(73)36(21-28-7-13-31(65)14-8-28)59-48(76)39(25-63)62-43(71)33(4-3-18-54-50(52)53)58-46(74)35(56-40(67)24-51)20-27-5-11-30(64)12-6-27/h5-16,26,33-39,63-66H,3-4,17-25,51H2,1-2H3,(H,55,73)(H,56,67)(H,57,70)(H,58,74)(H,59,76)(H,60,72)(H,61,75)(H,62,71)(H,68,69)(H,77,78)(H4,52,53,54)/t26-,33-,34-,35-,36-,37-,38-,39-/m0/s1. The first kappa shape index (κ1) is 64.6. The van der Waals surface area contributed by atoms with E-state index < -0.39 is 127 Å². The molecule has 0 saturated heterocycles. The summed E-state index contributed by atoms with van der Waals surface area (Å²) in [6.45, 7) is -0.317. The average molecular weight is 1130 g/mol. The molecule has 0 aromatic heterocycles. The summed E-state index contributed by atoms with van der Waals surface area (Å²) < 4.78 is 0. The van der Waals surface area contributed by atoms with Gasteiger partial charge in [0.1, 0.15) is 65.6 Å². The van der Waals surface area contributed by atoms with Gasteiger partial charge in [0.25, 0.3) is 0 Å². The number of carbonyl (C=O) groups is 10. The van der Waals surface area contributed by atoms with Crippen LogP contribution in [0.4, 0.5) is 0 Å². The van der Waals surface area contributed by atoms with E-state index in [-0.39, 0.29) is 74.0 Å². The second kappa shape index (κ2) is 32.8. The van der Waals surface area contributed by atoms with Gasteiger partial charge in [0.05, 0.1) is 19.6 Å². The van der Waals surface area contributed by atoms with E-state index in [0.717, 1.165) is 0 Å². The van der Waals surface area contributed by atoms with Crippen molar-refractivity contribution in [2.24, 2.45) is 22.2 Å². The van der Waals surface area contributed by atoms with Gasteiger partial charge in [0.15, 0.2) is 5.96 Å². The van der Waals surface area contributed by atoms with Crippen LogP contribution in [0.5, 0.6) is 17.2 Å². The third-order valence-electron chi connectivity index (χ3n) is 11.6. The Morgan fingerprint density at radius 2 is 0.899 bits per heavy atom. The predicted octanol–water partition coefficient (Wildman–Crippen LogP) is -3.95. The maximum Gasteiger partial charge on any atom is 0.326 e. The van der Waals surface area contributed by atoms with Crippen molar-refractivity contribution in [3.05, 3.63) is 89.5 Å². The number of nitrogens with one attached hydrogen (secondary N) is 8. The summed E-state index contributed by atoms with van der Waals surface area (Å²) in [5.41, 5.74) is 17.7. The molecule has 0 fully saturated rings. The molecule has 0 spiro atoms. The normalized spacial score (nSPS) is 13.9. The summed E-state index contributed by atoms with van der Waals surface area (Å²) in [5, 5.41) is 78.3. The Balaban J connectivity index is 1.83. The Hall–Kier alpha value is -8.70. The zero-order chi connectivity index (χ0) is 58.8. The fourth-order valence-corrected chi connectivity index (χ4v) is 7.84. The third kappa shape index (κ3) is 23.2. The van der Waals surface area contributed by atoms with Gasteiger partial charge in [-0.05, 0) is 91.3 Å². The van der Waals surface area contributed by atoms with Crippen molar-refractivity contribution in [3.8, 4) is 17.2 Å². The van der Waals surface area contributed by atoms with E-state index in [1.54, 1.807) is 6.26 Å². The molecule has 3 aromatic carbocycles. The van der Waals surface area contributed by atoms with E-state index in [2.05, 4.69) is 47.5 Å². The zero-order valence-corrected chi connectivity index (χ0v) is 44.0. The van der Waals surface area contributed by atoms with Crippen molar-refractivity contribution in [1.29, 1.82) is 0 Å². The van der Waals surface area contributed by atoms with Gasteiger partial charge in [-0.1, -0.05) is 36.4 Å². The number of aliphatic carboxylic acids is 2. The van der Waals surface area contributed by atoms with Gasteiger partial charge in [0, 0.05) is 25.8 Å². The van der Waals surface area contributed by atoms with E-state index in [4.69, 9.17) is 17.2 Å². The molecule has 3 rings (SSSR count). The first-order chi connectivity index (χ1) is 37.4. The van der Waals surface area contributed by atoms with Crippen LogP contribution in [0.2, 0.25) is 0 Å². The molecule has 29 heteroatoms. The van der Waals surface area contributed by atoms with Crippen LogP contribution in [0.15, 0.2) is 77.8 Å². The van der Waals surface area contributed by atoms with Crippen LogP contribution in [0.3, 0.4) is 0 Å². The second-order valence-electron chi connectivity index (χ2n) is 17.9. The number of phenolic OH excluding ortho intramolecular Hbond substituents is 3. The Labute approximate surface area is 457 Å². The molecule has 0 saturated carbocycles. The number of hydrogen-bond donors (Lipinski definition) is 17. The van der Waals surface area contributed by atoms with Crippen LogP contribution in [-0.4, -0.2) is 176 Å². The molecule has 0 heterocycles. The highest BCUT2D eigenvalue weighted by molar-refractivity contribution is 7.98. The number of benzene rings is 3. The molecule has 430 valence electrons. The van der Waals surface area contributed by atoms with Crippen molar-refractivity contribution < 1.29 is 78.6 Å². The number of aromatic hydroxyl groups is 3. The molecule has 0 aliphatic carbocycles. The average Bonchev–Trinajstić information content (AvgIpc) is 3.40. The minimum absolute atomic E-state index is 0.00397. The van der Waals surface area contributed by atoms with Gasteiger partial charge in [-0.3, -0.25) is 48.1 Å². The minimum atomic E-state index is -1.83. The Kier molecular flexibility index (Phi) is 26.8. The van der Waals surface area contributed by atoms with Crippen LogP contribution in [0, 0.1) is 0 Å². The van der Waals surface area contributed by atoms with E-state index in [9.17, 15) is 78.6 Å². The molecule has 0 aliphatic rings. The summed E-state index contributed by atoms with van der Waals surface area (Å²) in [7, 11) is 0. The predicted molar refractivity (Wildman–Crippen MR) is 285 cm³/mol. The van der Waals surface area contributed by atoms with Crippen LogP contribution >= 0.6 is 11.8 Å². The first-order valence-corrected chi connectivity index (χ1v) is 25.9. The zero-order valence-electron chi connectivity index (χ0n) is 43.2. The summed E-state index contributed by atoms with van der Waals surface area (Å²) in [4.78, 5) is 137. The van der Waals surface area contributed by atoms with Crippen molar-refractivity contribution >= 4 is 76.9 Å². The van der Waals surface area contributed by atoms with Crippen LogP contribution in [0.1, 0.15) is 49.3 Å². The van der Waals surface area contributed by atoms with Crippen molar-refractivity contribution in [3.63, 3.8) is 0 Å². The number of guanidine groups is 1. The number of aliphatic hydroxyl groups is 1. The molecule has 0 radical (unpaired) electrons. The number of carboxylic acids is 2. The van der Waals surface area contributed by atoms with Gasteiger partial charge < -0.3 is 90.4 Å². The molecule has 79 heavy (non-hydrogen) atoms. The lowest BCUT2D eigenvalue weighted by molar-refractivity contribution is -0.143. The lowest BCUT2D eigenvalue weighted by Gasteiger charge is -2.27. The highest BCUT2D eigenvalue weighted by Gasteiger charge is 2.35. The molecule has 28 nitrogen and oxygen atoms in total. The number of thioether (sulfide) groups is 1. The van der Waals surface area contributed by atoms with Crippen LogP contribution in [-0.2, 0) is 67.2 Å². The molecule has 8 amide bonds. The van der Waals surface area contributed by atoms with Crippen molar-refractivity contribution in [2.45, 2.75) is 100 Å². The number of carbonyl (C=O) groups excluding carboxylic acids is 8. The minimum Gasteiger partial charge on any atom is -0.508 e. The molecule has 0 bridgehead atoms. The Morgan fingerprint density at radius 3 is 1.35 bits per heavy atom. The molecular weight excluding hydrogens is 1060 g/mol.